The molecule has 8 nitrogen and oxygen atoms in total. The van der Waals surface area contributed by atoms with Crippen LogP contribution in [0.25, 0.3) is 0 Å². The van der Waals surface area contributed by atoms with Crippen LogP contribution in [-0.4, -0.2) is 47.3 Å². The molecule has 36 heavy (non-hydrogen) atoms. The number of aryl methyl sites for hydroxylation is 1. The van der Waals surface area contributed by atoms with Gasteiger partial charge in [0, 0.05) is 25.7 Å². The van der Waals surface area contributed by atoms with E-state index in [1.54, 1.807) is 0 Å². The van der Waals surface area contributed by atoms with E-state index in [0.717, 1.165) is 47.9 Å². The number of carboxylic acid groups (broad SMARTS) is 1. The maximum absolute atomic E-state index is 11.7. The second-order valence-electron chi connectivity index (χ2n) is 9.92. The van der Waals surface area contributed by atoms with E-state index >= 15 is 0 Å². The Morgan fingerprint density at radius 1 is 1.31 bits per heavy atom. The molecule has 0 aliphatic carbocycles. The Bertz CT molecular complexity index is 1170. The molecule has 0 spiro atoms. The molecular weight excluding hydrogens is 454 g/mol. The molecule has 0 bridgehead atoms. The average molecular weight is 490 g/mol. The number of aromatic nitrogens is 1. The topological polar surface area (TPSA) is 111 Å². The molecule has 0 amide bonds. The van der Waals surface area contributed by atoms with Crippen molar-refractivity contribution in [3.63, 3.8) is 0 Å². The highest BCUT2D eigenvalue weighted by molar-refractivity contribution is 5.68. The summed E-state index contributed by atoms with van der Waals surface area (Å²) in [6.45, 7) is 5.61. The van der Waals surface area contributed by atoms with E-state index in [4.69, 9.17) is 9.72 Å². The van der Waals surface area contributed by atoms with Gasteiger partial charge in [-0.1, -0.05) is 26.0 Å². The van der Waals surface area contributed by atoms with Crippen LogP contribution in [0.2, 0.25) is 0 Å². The molecule has 3 N–H and O–H groups in total. The van der Waals surface area contributed by atoms with Gasteiger partial charge >= 0.3 is 5.97 Å². The SMILES string of the molecule is CC(C)c1cc(C#N)cc(C(CC(=O)O)CC2C=C(OCCc3ccc4c(n3)NCCC4)N(C)N2)c1. The van der Waals surface area contributed by atoms with Crippen LogP contribution in [0.4, 0.5) is 5.82 Å². The van der Waals surface area contributed by atoms with E-state index < -0.39 is 5.97 Å². The molecule has 0 saturated carbocycles. The van der Waals surface area contributed by atoms with Gasteiger partial charge in [-0.2, -0.15) is 5.26 Å². The smallest absolute Gasteiger partial charge is 0.303 e. The number of fused-ring (bicyclic) bond motifs is 1. The van der Waals surface area contributed by atoms with Crippen LogP contribution in [0, 0.1) is 11.3 Å². The number of nitrogens with one attached hydrogen (secondary N) is 2. The zero-order valence-electron chi connectivity index (χ0n) is 21.3. The number of benzene rings is 1. The summed E-state index contributed by atoms with van der Waals surface area (Å²) >= 11 is 0. The molecule has 190 valence electrons. The first-order valence-corrected chi connectivity index (χ1v) is 12.7. The fourth-order valence-corrected chi connectivity index (χ4v) is 4.83. The number of rotatable bonds is 10. The van der Waals surface area contributed by atoms with Gasteiger partial charge in [0.2, 0.25) is 5.88 Å². The fourth-order valence-electron chi connectivity index (χ4n) is 4.83. The van der Waals surface area contributed by atoms with Gasteiger partial charge in [-0.3, -0.25) is 9.80 Å². The molecule has 2 atom stereocenters. The van der Waals surface area contributed by atoms with Crippen LogP contribution in [0.15, 0.2) is 42.3 Å². The lowest BCUT2D eigenvalue weighted by Gasteiger charge is -2.22. The number of hydrazine groups is 1. The van der Waals surface area contributed by atoms with E-state index in [2.05, 4.69) is 42.8 Å². The first-order chi connectivity index (χ1) is 17.3. The van der Waals surface area contributed by atoms with Crippen LogP contribution in [0.3, 0.4) is 0 Å². The molecule has 3 heterocycles. The number of pyridine rings is 1. The quantitative estimate of drug-likeness (QED) is 0.453. The summed E-state index contributed by atoms with van der Waals surface area (Å²) in [4.78, 5) is 16.4. The lowest BCUT2D eigenvalue weighted by molar-refractivity contribution is -0.137. The summed E-state index contributed by atoms with van der Waals surface area (Å²) in [7, 11) is 1.90. The maximum atomic E-state index is 11.7. The normalized spacial score (nSPS) is 17.7. The van der Waals surface area contributed by atoms with E-state index in [9.17, 15) is 15.2 Å². The van der Waals surface area contributed by atoms with Gasteiger partial charge in [-0.25, -0.2) is 10.4 Å². The number of anilines is 1. The third-order valence-corrected chi connectivity index (χ3v) is 6.80. The summed E-state index contributed by atoms with van der Waals surface area (Å²) < 4.78 is 6.05. The van der Waals surface area contributed by atoms with Crippen LogP contribution < -0.4 is 10.7 Å². The summed E-state index contributed by atoms with van der Waals surface area (Å²) in [6.07, 6.45) is 5.49. The van der Waals surface area contributed by atoms with E-state index in [1.165, 1.54) is 5.56 Å². The highest BCUT2D eigenvalue weighted by Crippen LogP contribution is 2.31. The van der Waals surface area contributed by atoms with E-state index in [0.29, 0.717) is 25.0 Å². The zero-order chi connectivity index (χ0) is 25.7. The fraction of sp³-hybridized carbons (Fsp3) is 0.464. The monoisotopic (exact) mass is 489 g/mol. The minimum atomic E-state index is -0.854. The molecule has 1 aromatic carbocycles. The lowest BCUT2D eigenvalue weighted by Crippen LogP contribution is -2.35. The molecule has 2 unspecified atom stereocenters. The van der Waals surface area contributed by atoms with Crippen LogP contribution >= 0.6 is 0 Å². The van der Waals surface area contributed by atoms with Gasteiger partial charge in [0.15, 0.2) is 0 Å². The zero-order valence-corrected chi connectivity index (χ0v) is 21.3. The summed E-state index contributed by atoms with van der Waals surface area (Å²) in [5.74, 6) is 0.870. The standard InChI is InChI=1S/C28H35N5O3/c1-18(2)21-11-19(17-29)12-22(13-21)23(15-27(34)35)14-25-16-26(33(3)32-25)36-10-8-24-7-6-20-5-4-9-30-28(20)31-24/h6-7,11-13,16,18,23,25,32H,4-5,8-10,14-15H2,1-3H3,(H,30,31)(H,34,35). The third-order valence-electron chi connectivity index (χ3n) is 6.80. The third kappa shape index (κ3) is 6.35. The number of ether oxygens (including phenoxy) is 1. The van der Waals surface area contributed by atoms with Crippen LogP contribution in [0.5, 0.6) is 0 Å². The number of hydrogen-bond donors (Lipinski definition) is 3. The summed E-state index contributed by atoms with van der Waals surface area (Å²) in [6, 6.07) is 12.1. The number of aliphatic carboxylic acids is 1. The van der Waals surface area contributed by atoms with Crippen molar-refractivity contribution in [1.29, 1.82) is 5.26 Å². The molecule has 1 aromatic heterocycles. The second-order valence-corrected chi connectivity index (χ2v) is 9.92. The van der Waals surface area contributed by atoms with Crippen molar-refractivity contribution >= 4 is 11.8 Å². The second kappa shape index (κ2) is 11.4. The van der Waals surface area contributed by atoms with Crippen molar-refractivity contribution in [2.24, 2.45) is 0 Å². The van der Waals surface area contributed by atoms with E-state index in [1.807, 2.05) is 36.3 Å². The molecule has 2 aliphatic rings. The van der Waals surface area contributed by atoms with Gasteiger partial charge in [0.05, 0.1) is 30.7 Å². The molecule has 2 aromatic rings. The van der Waals surface area contributed by atoms with Crippen molar-refractivity contribution in [3.8, 4) is 6.07 Å². The molecular formula is C28H35N5O3. The lowest BCUT2D eigenvalue weighted by atomic mass is 9.86. The molecule has 0 radical (unpaired) electrons. The first-order valence-electron chi connectivity index (χ1n) is 12.7. The largest absolute Gasteiger partial charge is 0.481 e. The van der Waals surface area contributed by atoms with Gasteiger partial charge < -0.3 is 15.2 Å². The number of nitrogens with zero attached hydrogens (tertiary/aromatic N) is 3. The minimum Gasteiger partial charge on any atom is -0.481 e. The molecule has 0 fully saturated rings. The number of carbonyl (C=O) groups is 1. The summed E-state index contributed by atoms with van der Waals surface area (Å²) in [5.41, 5.74) is 8.13. The number of nitriles is 1. The Morgan fingerprint density at radius 2 is 2.11 bits per heavy atom. The van der Waals surface area contributed by atoms with Crippen molar-refractivity contribution in [2.45, 2.75) is 63.8 Å². The van der Waals surface area contributed by atoms with Gasteiger partial charge in [0.25, 0.3) is 0 Å². The molecule has 0 saturated heterocycles. The van der Waals surface area contributed by atoms with Gasteiger partial charge in [-0.15, -0.1) is 0 Å². The Kier molecular flexibility index (Phi) is 8.11. The Balaban J connectivity index is 1.41. The summed E-state index contributed by atoms with van der Waals surface area (Å²) in [5, 5.41) is 24.3. The Morgan fingerprint density at radius 3 is 2.86 bits per heavy atom. The predicted molar refractivity (Wildman–Crippen MR) is 138 cm³/mol. The van der Waals surface area contributed by atoms with Gasteiger partial charge in [-0.05, 0) is 72.1 Å². The molecule has 8 heteroatoms. The van der Waals surface area contributed by atoms with Crippen molar-refractivity contribution in [2.75, 3.05) is 25.5 Å². The Hall–Kier alpha value is -3.57. The number of carboxylic acids is 1. The van der Waals surface area contributed by atoms with Crippen molar-refractivity contribution < 1.29 is 14.6 Å². The van der Waals surface area contributed by atoms with Crippen molar-refractivity contribution in [1.82, 2.24) is 15.4 Å². The van der Waals surface area contributed by atoms with Crippen molar-refractivity contribution in [3.05, 3.63) is 70.2 Å². The Labute approximate surface area is 213 Å². The minimum absolute atomic E-state index is 0.00360. The average Bonchev–Trinajstić information content (AvgIpc) is 3.21. The van der Waals surface area contributed by atoms with E-state index in [-0.39, 0.29) is 24.3 Å². The van der Waals surface area contributed by atoms with Gasteiger partial charge in [0.1, 0.15) is 5.82 Å². The predicted octanol–water partition coefficient (Wildman–Crippen LogP) is 4.30. The van der Waals surface area contributed by atoms with Crippen LogP contribution in [0.1, 0.15) is 72.9 Å². The first kappa shape index (κ1) is 25.5. The van der Waals surface area contributed by atoms with Crippen LogP contribution in [-0.2, 0) is 22.4 Å². The molecule has 4 rings (SSSR count). The highest BCUT2D eigenvalue weighted by Gasteiger charge is 2.27. The number of hydrogen-bond acceptors (Lipinski definition) is 7. The molecule has 2 aliphatic heterocycles. The maximum Gasteiger partial charge on any atom is 0.303 e. The highest BCUT2D eigenvalue weighted by atomic mass is 16.5.